The van der Waals surface area contributed by atoms with Crippen LogP contribution in [0.4, 0.5) is 0 Å². The summed E-state index contributed by atoms with van der Waals surface area (Å²) in [6, 6.07) is 8.92. The van der Waals surface area contributed by atoms with E-state index in [2.05, 4.69) is 5.32 Å². The van der Waals surface area contributed by atoms with E-state index in [1.807, 2.05) is 19.1 Å². The number of ether oxygens (including phenoxy) is 1. The summed E-state index contributed by atoms with van der Waals surface area (Å²) in [4.78, 5) is 24.0. The summed E-state index contributed by atoms with van der Waals surface area (Å²) in [6.07, 6.45) is 5.97. The van der Waals surface area contributed by atoms with E-state index in [-0.39, 0.29) is 18.6 Å². The van der Waals surface area contributed by atoms with Crippen LogP contribution < -0.4 is 5.32 Å². The lowest BCUT2D eigenvalue weighted by molar-refractivity contribution is -0.125. The Morgan fingerprint density at radius 3 is 2.75 bits per heavy atom. The SMILES string of the molecule is C[C@H](NC(=O)COC(=O)c1ccc2c(c1)CCCC2)c1ccco1. The largest absolute Gasteiger partial charge is 0.467 e. The van der Waals surface area contributed by atoms with E-state index in [1.54, 1.807) is 24.5 Å². The number of benzene rings is 1. The molecule has 0 aliphatic heterocycles. The second-order valence-corrected chi connectivity index (χ2v) is 6.07. The summed E-state index contributed by atoms with van der Waals surface area (Å²) in [5.41, 5.74) is 3.02. The van der Waals surface area contributed by atoms with Crippen molar-refractivity contribution in [3.8, 4) is 0 Å². The van der Waals surface area contributed by atoms with Crippen molar-refractivity contribution in [1.29, 1.82) is 0 Å². The minimum atomic E-state index is -0.468. The van der Waals surface area contributed by atoms with Crippen molar-refractivity contribution in [2.75, 3.05) is 6.61 Å². The number of fused-ring (bicyclic) bond motifs is 1. The van der Waals surface area contributed by atoms with Crippen LogP contribution in [-0.4, -0.2) is 18.5 Å². The zero-order valence-electron chi connectivity index (χ0n) is 13.7. The van der Waals surface area contributed by atoms with E-state index in [0.717, 1.165) is 19.3 Å². The topological polar surface area (TPSA) is 68.5 Å². The molecule has 2 aromatic rings. The smallest absolute Gasteiger partial charge is 0.338 e. The van der Waals surface area contributed by atoms with Crippen LogP contribution in [0.5, 0.6) is 0 Å². The monoisotopic (exact) mass is 327 g/mol. The van der Waals surface area contributed by atoms with E-state index in [9.17, 15) is 9.59 Å². The van der Waals surface area contributed by atoms with Gasteiger partial charge in [0.15, 0.2) is 6.61 Å². The zero-order valence-corrected chi connectivity index (χ0v) is 13.7. The minimum absolute atomic E-state index is 0.269. The molecule has 1 aromatic heterocycles. The predicted molar refractivity (Wildman–Crippen MR) is 88.6 cm³/mol. The van der Waals surface area contributed by atoms with Gasteiger partial charge >= 0.3 is 5.97 Å². The number of furan rings is 1. The molecule has 0 unspecified atom stereocenters. The summed E-state index contributed by atoms with van der Waals surface area (Å²) in [5.74, 6) is -0.168. The summed E-state index contributed by atoms with van der Waals surface area (Å²) < 4.78 is 10.3. The van der Waals surface area contributed by atoms with Gasteiger partial charge in [0.2, 0.25) is 0 Å². The van der Waals surface area contributed by atoms with Crippen LogP contribution in [-0.2, 0) is 22.4 Å². The highest BCUT2D eigenvalue weighted by Gasteiger charge is 2.16. The summed E-state index contributed by atoms with van der Waals surface area (Å²) in [5, 5.41) is 2.73. The maximum atomic E-state index is 12.1. The van der Waals surface area contributed by atoms with Crippen molar-refractivity contribution >= 4 is 11.9 Å². The quantitative estimate of drug-likeness (QED) is 0.856. The fraction of sp³-hybridized carbons (Fsp3) is 0.368. The molecule has 1 aromatic carbocycles. The molecule has 5 heteroatoms. The Kier molecular flexibility index (Phi) is 4.99. The zero-order chi connectivity index (χ0) is 16.9. The Morgan fingerprint density at radius 2 is 2.00 bits per heavy atom. The summed E-state index contributed by atoms with van der Waals surface area (Å²) >= 11 is 0. The molecule has 0 radical (unpaired) electrons. The third kappa shape index (κ3) is 3.85. The van der Waals surface area contributed by atoms with Gasteiger partial charge in [0.1, 0.15) is 5.76 Å². The van der Waals surface area contributed by atoms with Crippen molar-refractivity contribution in [3.05, 3.63) is 59.0 Å². The number of aryl methyl sites for hydroxylation is 2. The Hall–Kier alpha value is -2.56. The molecular formula is C19H21NO4. The van der Waals surface area contributed by atoms with Gasteiger partial charge in [-0.15, -0.1) is 0 Å². The van der Waals surface area contributed by atoms with Gasteiger partial charge in [-0.1, -0.05) is 6.07 Å². The number of hydrogen-bond acceptors (Lipinski definition) is 4. The van der Waals surface area contributed by atoms with E-state index in [1.165, 1.54) is 17.5 Å². The first kappa shape index (κ1) is 16.3. The highest BCUT2D eigenvalue weighted by Crippen LogP contribution is 2.22. The first-order valence-corrected chi connectivity index (χ1v) is 8.25. The molecule has 0 fully saturated rings. The maximum absolute atomic E-state index is 12.1. The Bertz CT molecular complexity index is 721. The van der Waals surface area contributed by atoms with Crippen molar-refractivity contribution in [2.24, 2.45) is 0 Å². The van der Waals surface area contributed by atoms with Crippen molar-refractivity contribution < 1.29 is 18.7 Å². The van der Waals surface area contributed by atoms with E-state index in [4.69, 9.17) is 9.15 Å². The number of nitrogens with one attached hydrogen (secondary N) is 1. The first-order chi connectivity index (χ1) is 11.6. The molecular weight excluding hydrogens is 306 g/mol. The molecule has 1 atom stereocenters. The Labute approximate surface area is 141 Å². The molecule has 0 saturated carbocycles. The molecule has 126 valence electrons. The average Bonchev–Trinajstić information content (AvgIpc) is 3.14. The van der Waals surface area contributed by atoms with Crippen LogP contribution in [0.3, 0.4) is 0 Å². The molecule has 1 heterocycles. The molecule has 0 spiro atoms. The van der Waals surface area contributed by atoms with Gasteiger partial charge in [-0.3, -0.25) is 4.79 Å². The number of rotatable bonds is 5. The van der Waals surface area contributed by atoms with Gasteiger partial charge in [-0.25, -0.2) is 4.79 Å². The fourth-order valence-corrected chi connectivity index (χ4v) is 2.97. The normalized spacial score (nSPS) is 14.5. The fourth-order valence-electron chi connectivity index (χ4n) is 2.97. The van der Waals surface area contributed by atoms with Crippen LogP contribution in [0.15, 0.2) is 41.0 Å². The van der Waals surface area contributed by atoms with Gasteiger partial charge in [0.05, 0.1) is 17.9 Å². The molecule has 24 heavy (non-hydrogen) atoms. The molecule has 1 aliphatic carbocycles. The second-order valence-electron chi connectivity index (χ2n) is 6.07. The lowest BCUT2D eigenvalue weighted by atomic mass is 9.90. The molecule has 0 bridgehead atoms. The number of carbonyl (C=O) groups excluding carboxylic acids is 2. The van der Waals surface area contributed by atoms with Gasteiger partial charge < -0.3 is 14.5 Å². The third-order valence-corrected chi connectivity index (χ3v) is 4.27. The number of carbonyl (C=O) groups is 2. The molecule has 5 nitrogen and oxygen atoms in total. The number of esters is 1. The minimum Gasteiger partial charge on any atom is -0.467 e. The van der Waals surface area contributed by atoms with E-state index < -0.39 is 5.97 Å². The lowest BCUT2D eigenvalue weighted by Gasteiger charge is -2.16. The summed E-state index contributed by atoms with van der Waals surface area (Å²) in [6.45, 7) is 1.50. The highest BCUT2D eigenvalue weighted by atomic mass is 16.5. The molecule has 3 rings (SSSR count). The van der Waals surface area contributed by atoms with Gasteiger partial charge in [-0.05, 0) is 68.0 Å². The average molecular weight is 327 g/mol. The first-order valence-electron chi connectivity index (χ1n) is 8.25. The van der Waals surface area contributed by atoms with Gasteiger partial charge in [0, 0.05) is 0 Å². The number of amides is 1. The van der Waals surface area contributed by atoms with Crippen molar-refractivity contribution in [3.63, 3.8) is 0 Å². The van der Waals surface area contributed by atoms with Crippen molar-refractivity contribution in [2.45, 2.75) is 38.6 Å². The highest BCUT2D eigenvalue weighted by molar-refractivity contribution is 5.91. The Balaban J connectivity index is 1.52. The van der Waals surface area contributed by atoms with Crippen LogP contribution in [0.1, 0.15) is 53.1 Å². The second kappa shape index (κ2) is 7.34. The number of hydrogen-bond donors (Lipinski definition) is 1. The molecule has 1 N–H and O–H groups in total. The van der Waals surface area contributed by atoms with Gasteiger partial charge in [0.25, 0.3) is 5.91 Å². The lowest BCUT2D eigenvalue weighted by Crippen LogP contribution is -2.31. The van der Waals surface area contributed by atoms with Crippen LogP contribution in [0, 0.1) is 0 Å². The molecule has 1 amide bonds. The Morgan fingerprint density at radius 1 is 1.21 bits per heavy atom. The van der Waals surface area contributed by atoms with Crippen LogP contribution >= 0.6 is 0 Å². The standard InChI is InChI=1S/C19H21NO4/c1-13(17-7-4-10-23-17)20-18(21)12-24-19(22)16-9-8-14-5-2-3-6-15(14)11-16/h4,7-11,13H,2-3,5-6,12H2,1H3,(H,20,21)/t13-/m0/s1. The van der Waals surface area contributed by atoms with Crippen molar-refractivity contribution in [1.82, 2.24) is 5.32 Å². The third-order valence-electron chi connectivity index (χ3n) is 4.27. The maximum Gasteiger partial charge on any atom is 0.338 e. The molecule has 0 saturated heterocycles. The van der Waals surface area contributed by atoms with Gasteiger partial charge in [-0.2, -0.15) is 0 Å². The predicted octanol–water partition coefficient (Wildman–Crippen LogP) is 3.19. The summed E-state index contributed by atoms with van der Waals surface area (Å²) in [7, 11) is 0. The van der Waals surface area contributed by atoms with Crippen LogP contribution in [0.2, 0.25) is 0 Å². The van der Waals surface area contributed by atoms with E-state index in [0.29, 0.717) is 11.3 Å². The molecule has 1 aliphatic rings. The van der Waals surface area contributed by atoms with E-state index >= 15 is 0 Å². The van der Waals surface area contributed by atoms with Crippen LogP contribution in [0.25, 0.3) is 0 Å².